The zero-order chi connectivity index (χ0) is 26.1. The minimum atomic E-state index is -1.44. The second-order valence-electron chi connectivity index (χ2n) is 8.09. The Bertz CT molecular complexity index is 1450. The molecule has 5 heterocycles. The Labute approximate surface area is 218 Å². The number of hydrogen-bond donors (Lipinski definition) is 2. The number of aromatic nitrogens is 3. The largest absolute Gasteiger partial charge is 0.543 e. The lowest BCUT2D eigenvalue weighted by Crippen LogP contribution is -2.71. The number of thiophene rings is 1. The van der Waals surface area contributed by atoms with E-state index in [1.54, 1.807) is 18.3 Å². The van der Waals surface area contributed by atoms with Gasteiger partial charge in [0, 0.05) is 41.4 Å². The molecule has 14 heteroatoms. The predicted octanol–water partition coefficient (Wildman–Crippen LogP) is -0.594. The van der Waals surface area contributed by atoms with E-state index >= 15 is 0 Å². The molecule has 0 aliphatic carbocycles. The third-order valence-corrected chi connectivity index (χ3v) is 8.04. The number of nitrogen functional groups attached to an aromatic ring is 1. The Kier molecular flexibility index (Phi) is 6.76. The molecule has 2 atom stereocenters. The molecule has 1 saturated heterocycles. The number of aliphatic carboxylic acids is 1. The van der Waals surface area contributed by atoms with Crippen LogP contribution in [0.25, 0.3) is 10.2 Å². The number of nitrogens with zero attached hydrogens (tertiary/aromatic N) is 5. The number of hydrogen-bond acceptors (Lipinski definition) is 11. The van der Waals surface area contributed by atoms with E-state index < -0.39 is 29.2 Å². The van der Waals surface area contributed by atoms with Crippen LogP contribution in [-0.4, -0.2) is 62.1 Å². The molecule has 190 valence electrons. The fourth-order valence-electron chi connectivity index (χ4n) is 4.15. The Morgan fingerprint density at radius 1 is 1.35 bits per heavy atom. The number of fused-ring (bicyclic) bond motifs is 2. The van der Waals surface area contributed by atoms with Gasteiger partial charge in [0.25, 0.3) is 11.8 Å². The van der Waals surface area contributed by atoms with Crippen molar-refractivity contribution in [2.75, 3.05) is 18.1 Å². The van der Waals surface area contributed by atoms with Gasteiger partial charge in [0.15, 0.2) is 18.5 Å². The number of anilines is 1. The van der Waals surface area contributed by atoms with Crippen molar-refractivity contribution in [3.05, 3.63) is 59.0 Å². The maximum absolute atomic E-state index is 13.1. The van der Waals surface area contributed by atoms with Gasteiger partial charge >= 0.3 is 0 Å². The summed E-state index contributed by atoms with van der Waals surface area (Å²) in [6, 6.07) is 4.89. The van der Waals surface area contributed by atoms with E-state index in [1.807, 2.05) is 34.3 Å². The number of rotatable bonds is 8. The molecule has 1 fully saturated rings. The van der Waals surface area contributed by atoms with Crippen LogP contribution >= 0.6 is 23.1 Å². The molecule has 2 aliphatic heterocycles. The first-order chi connectivity index (χ1) is 17.9. The van der Waals surface area contributed by atoms with Crippen LogP contribution in [0.15, 0.2) is 58.6 Å². The average molecular weight is 540 g/mol. The number of thioether (sulfide) groups is 1. The van der Waals surface area contributed by atoms with Gasteiger partial charge in [0.05, 0.1) is 16.4 Å². The lowest BCUT2D eigenvalue weighted by molar-refractivity contribution is -0.663. The maximum atomic E-state index is 13.1. The summed E-state index contributed by atoms with van der Waals surface area (Å²) >= 11 is 2.96. The minimum absolute atomic E-state index is 0.0223. The van der Waals surface area contributed by atoms with E-state index in [9.17, 15) is 19.5 Å². The molecule has 5 rings (SSSR count). The summed E-state index contributed by atoms with van der Waals surface area (Å²) in [4.78, 5) is 52.2. The molecule has 3 N–H and O–H groups in total. The third-order valence-electron chi connectivity index (χ3n) is 5.83. The molecule has 2 aliphatic rings. The van der Waals surface area contributed by atoms with Gasteiger partial charge in [-0.1, -0.05) is 5.16 Å². The van der Waals surface area contributed by atoms with Gasteiger partial charge in [-0.15, -0.1) is 23.1 Å². The number of nitrogens with two attached hydrogens (primary N) is 1. The Morgan fingerprint density at radius 2 is 2.14 bits per heavy atom. The lowest BCUT2D eigenvalue weighted by Gasteiger charge is -2.50. The summed E-state index contributed by atoms with van der Waals surface area (Å²) in [6.45, 7) is 2.20. The smallest absolute Gasteiger partial charge is 0.274 e. The summed E-state index contributed by atoms with van der Waals surface area (Å²) < 4.78 is 3.01. The van der Waals surface area contributed by atoms with Crippen LogP contribution < -0.4 is 20.7 Å². The molecule has 1 unspecified atom stereocenters. The highest BCUT2D eigenvalue weighted by Gasteiger charge is 2.53. The van der Waals surface area contributed by atoms with Gasteiger partial charge in [0.1, 0.15) is 18.0 Å². The number of oxime groups is 1. The number of β-lactam (4-membered cyclic amide) rings is 1. The number of carbonyl (C=O) groups excluding carboxylic acids is 3. The fourth-order valence-corrected chi connectivity index (χ4v) is 6.29. The molecule has 0 aromatic carbocycles. The number of carboxylic acids is 1. The average Bonchev–Trinajstić information content (AvgIpc) is 3.38. The van der Waals surface area contributed by atoms with Gasteiger partial charge < -0.3 is 25.8 Å². The maximum Gasteiger partial charge on any atom is 0.274 e. The van der Waals surface area contributed by atoms with Crippen molar-refractivity contribution < 1.29 is 28.9 Å². The van der Waals surface area contributed by atoms with Gasteiger partial charge in [-0.3, -0.25) is 14.5 Å². The topological polar surface area (TPSA) is 167 Å². The Balaban J connectivity index is 1.37. The van der Waals surface area contributed by atoms with Crippen molar-refractivity contribution >= 4 is 62.8 Å². The highest BCUT2D eigenvalue weighted by molar-refractivity contribution is 8.00. The molecule has 0 radical (unpaired) electrons. The number of carboxylic acid groups (broad SMARTS) is 1. The summed E-state index contributed by atoms with van der Waals surface area (Å²) in [6.07, 6.45) is 4.50. The number of pyridine rings is 1. The summed E-state index contributed by atoms with van der Waals surface area (Å²) in [5, 5.41) is 20.0. The van der Waals surface area contributed by atoms with Crippen LogP contribution in [0.5, 0.6) is 0 Å². The van der Waals surface area contributed by atoms with Gasteiger partial charge in [-0.25, -0.2) is 9.97 Å². The van der Waals surface area contributed by atoms with Crippen molar-refractivity contribution in [1.29, 1.82) is 0 Å². The predicted molar refractivity (Wildman–Crippen MR) is 134 cm³/mol. The first-order valence-corrected chi connectivity index (χ1v) is 13.1. The van der Waals surface area contributed by atoms with Crippen LogP contribution in [0.3, 0.4) is 0 Å². The van der Waals surface area contributed by atoms with Crippen LogP contribution in [-0.2, 0) is 25.8 Å². The van der Waals surface area contributed by atoms with E-state index in [2.05, 4.69) is 20.4 Å². The van der Waals surface area contributed by atoms with Crippen molar-refractivity contribution in [2.45, 2.75) is 24.9 Å². The van der Waals surface area contributed by atoms with Crippen LogP contribution in [0.4, 0.5) is 5.95 Å². The first kappa shape index (κ1) is 24.6. The van der Waals surface area contributed by atoms with Gasteiger partial charge in [-0.05, 0) is 18.4 Å². The van der Waals surface area contributed by atoms with Crippen LogP contribution in [0, 0.1) is 0 Å². The molecular formula is C23H21N7O5S2. The van der Waals surface area contributed by atoms with Crippen LogP contribution in [0.1, 0.15) is 12.5 Å². The molecule has 0 saturated carbocycles. The molecule has 2 amide bonds. The fraction of sp³-hybridized carbons (Fsp3) is 0.261. The van der Waals surface area contributed by atoms with E-state index in [-0.39, 0.29) is 29.5 Å². The van der Waals surface area contributed by atoms with Gasteiger partial charge in [-0.2, -0.15) is 4.57 Å². The standard InChI is InChI=1S/C23H21N7O5S2/c1-2-35-28-16(12-8-25-23(24)26-9-12)19(31)27-17-20(32)30-18(22(33)34)13(11-37-21(17)30)10-29-6-3-4-15-14(29)5-7-36-15/h3-9,17,21H,2,10-11H2,1H3,(H3-,24,25,26,27,28,31,33,34)/t17?,21-/m1/s1. The molecule has 3 aromatic rings. The second kappa shape index (κ2) is 10.1. The van der Waals surface area contributed by atoms with E-state index in [0.29, 0.717) is 17.9 Å². The highest BCUT2D eigenvalue weighted by Crippen LogP contribution is 2.40. The van der Waals surface area contributed by atoms with Crippen molar-refractivity contribution in [3.8, 4) is 0 Å². The monoisotopic (exact) mass is 539 g/mol. The normalized spacial score (nSPS) is 19.4. The number of nitrogens with one attached hydrogen (secondary N) is 1. The van der Waals surface area contributed by atoms with Crippen molar-refractivity contribution in [3.63, 3.8) is 0 Å². The van der Waals surface area contributed by atoms with E-state index in [1.165, 1.54) is 29.1 Å². The number of carbonyl (C=O) groups is 3. The van der Waals surface area contributed by atoms with Crippen molar-refractivity contribution in [2.24, 2.45) is 5.16 Å². The molecular weight excluding hydrogens is 518 g/mol. The second-order valence-corrected chi connectivity index (χ2v) is 10.1. The quantitative estimate of drug-likeness (QED) is 0.164. The van der Waals surface area contributed by atoms with E-state index in [4.69, 9.17) is 10.6 Å². The molecule has 37 heavy (non-hydrogen) atoms. The lowest BCUT2D eigenvalue weighted by atomic mass is 10.0. The molecule has 3 aromatic heterocycles. The zero-order valence-electron chi connectivity index (χ0n) is 19.5. The zero-order valence-corrected chi connectivity index (χ0v) is 21.1. The molecule has 0 spiro atoms. The van der Waals surface area contributed by atoms with E-state index in [0.717, 1.165) is 10.2 Å². The molecule has 12 nitrogen and oxygen atoms in total. The minimum Gasteiger partial charge on any atom is -0.543 e. The number of amides is 2. The molecule has 0 bridgehead atoms. The van der Waals surface area contributed by atoms with Crippen molar-refractivity contribution in [1.82, 2.24) is 20.2 Å². The SMILES string of the molecule is CCO/N=C(/C(=O)NC1C(=O)N2C(C(=O)[O-])=C(C[n+]3cccc4sccc43)CS[C@H]12)c1cnc(N)nc1. The summed E-state index contributed by atoms with van der Waals surface area (Å²) in [5.41, 5.74) is 7.00. The highest BCUT2D eigenvalue weighted by atomic mass is 32.2. The summed E-state index contributed by atoms with van der Waals surface area (Å²) in [7, 11) is 0. The Hall–Kier alpha value is -4.04. The van der Waals surface area contributed by atoms with Crippen LogP contribution in [0.2, 0.25) is 0 Å². The van der Waals surface area contributed by atoms with Gasteiger partial charge in [0.2, 0.25) is 11.5 Å². The third kappa shape index (κ3) is 4.60. The summed E-state index contributed by atoms with van der Waals surface area (Å²) in [5.74, 6) is -2.30. The Morgan fingerprint density at radius 3 is 2.86 bits per heavy atom. The first-order valence-electron chi connectivity index (χ1n) is 11.2.